The lowest BCUT2D eigenvalue weighted by atomic mass is 9.73. The van der Waals surface area contributed by atoms with Crippen LogP contribution in [0.4, 0.5) is 0 Å². The molecule has 2 heterocycles. The van der Waals surface area contributed by atoms with Gasteiger partial charge in [-0.3, -0.25) is 4.79 Å². The Bertz CT molecular complexity index is 410. The molecule has 0 amide bonds. The molecule has 4 atom stereocenters. The number of fused-ring (bicyclic) bond motifs is 2. The molecule has 1 aliphatic carbocycles. The van der Waals surface area contributed by atoms with E-state index >= 15 is 0 Å². The van der Waals surface area contributed by atoms with Crippen LogP contribution in [-0.4, -0.2) is 47.1 Å². The van der Waals surface area contributed by atoms with E-state index in [-0.39, 0.29) is 12.2 Å². The minimum Gasteiger partial charge on any atom is -0.353 e. The maximum atomic E-state index is 11.6. The minimum absolute atomic E-state index is 0.112. The van der Waals surface area contributed by atoms with Gasteiger partial charge in [-0.25, -0.2) is 0 Å². The number of carbonyl (C=O) groups excluding carboxylic acids is 1. The Morgan fingerprint density at radius 3 is 2.44 bits per heavy atom. The molecule has 3 fully saturated rings. The predicted octanol–water partition coefficient (Wildman–Crippen LogP) is 1.39. The maximum absolute atomic E-state index is 11.6. The largest absolute Gasteiger partial charge is 0.353 e. The summed E-state index contributed by atoms with van der Waals surface area (Å²) in [6.45, 7) is 3.58. The summed E-state index contributed by atoms with van der Waals surface area (Å²) in [5.41, 5.74) is -1.08. The fourth-order valence-electron chi connectivity index (χ4n) is 2.86. The number of ketones is 1. The van der Waals surface area contributed by atoms with E-state index in [4.69, 9.17) is 42.1 Å². The summed E-state index contributed by atoms with van der Waals surface area (Å²) >= 11 is 12.2. The fourth-order valence-corrected chi connectivity index (χ4v) is 3.43. The first-order chi connectivity index (χ1) is 8.23. The average molecular weight is 297 g/mol. The average Bonchev–Trinajstić information content (AvgIpc) is 2.73. The summed E-state index contributed by atoms with van der Waals surface area (Å²) in [5.74, 6) is -1.04. The van der Waals surface area contributed by atoms with Gasteiger partial charge in [0, 0.05) is 13.5 Å². The van der Waals surface area contributed by atoms with E-state index in [0.29, 0.717) is 0 Å². The third kappa shape index (κ3) is 1.40. The van der Waals surface area contributed by atoms with Crippen LogP contribution in [0, 0.1) is 0 Å². The third-order valence-electron chi connectivity index (χ3n) is 3.72. The molecule has 3 rings (SSSR count). The zero-order valence-electron chi connectivity index (χ0n) is 10.2. The van der Waals surface area contributed by atoms with Gasteiger partial charge in [0.25, 0.3) is 0 Å². The van der Waals surface area contributed by atoms with E-state index in [9.17, 15) is 4.79 Å². The van der Waals surface area contributed by atoms with Crippen LogP contribution in [0.1, 0.15) is 20.3 Å². The molecule has 2 aliphatic heterocycles. The summed E-state index contributed by atoms with van der Waals surface area (Å²) < 4.78 is 20.9. The minimum atomic E-state index is -1.60. The Hall–Kier alpha value is 0.0900. The highest BCUT2D eigenvalue weighted by atomic mass is 35.5. The Kier molecular flexibility index (Phi) is 2.61. The summed E-state index contributed by atoms with van der Waals surface area (Å²) in [5, 5.41) is 0. The Morgan fingerprint density at radius 2 is 1.94 bits per heavy atom. The van der Waals surface area contributed by atoms with E-state index in [0.717, 1.165) is 0 Å². The van der Waals surface area contributed by atoms with Gasteiger partial charge in [-0.1, -0.05) is 23.2 Å². The number of hydrogen-bond donors (Lipinski definition) is 0. The van der Waals surface area contributed by atoms with E-state index in [2.05, 4.69) is 0 Å². The van der Waals surface area contributed by atoms with Gasteiger partial charge in [0.1, 0.15) is 17.8 Å². The molecule has 0 bridgehead atoms. The smallest absolute Gasteiger partial charge is 0.207 e. The lowest BCUT2D eigenvalue weighted by Gasteiger charge is -2.49. The van der Waals surface area contributed by atoms with E-state index < -0.39 is 34.2 Å². The first kappa shape index (κ1) is 13.1. The molecular formula is C11H14Cl2O5. The van der Waals surface area contributed by atoms with Crippen LogP contribution in [0.2, 0.25) is 0 Å². The second-order valence-corrected chi connectivity index (χ2v) is 6.63. The van der Waals surface area contributed by atoms with Crippen LogP contribution in [0.3, 0.4) is 0 Å². The van der Waals surface area contributed by atoms with Crippen molar-refractivity contribution in [2.24, 2.45) is 0 Å². The molecule has 102 valence electrons. The highest BCUT2D eigenvalue weighted by Crippen LogP contribution is 2.60. The zero-order chi connectivity index (χ0) is 13.3. The number of halogens is 2. The van der Waals surface area contributed by atoms with Crippen molar-refractivity contribution in [3.8, 4) is 0 Å². The fraction of sp³-hybridized carbons (Fsp3) is 0.909. The number of methoxy groups -OCH3 is 1. The van der Waals surface area contributed by atoms with Crippen molar-refractivity contribution in [2.45, 2.75) is 54.5 Å². The zero-order valence-corrected chi connectivity index (χ0v) is 11.7. The van der Waals surface area contributed by atoms with Crippen molar-refractivity contribution >= 4 is 29.0 Å². The van der Waals surface area contributed by atoms with Crippen LogP contribution in [0.25, 0.3) is 0 Å². The molecule has 3 aliphatic rings. The van der Waals surface area contributed by atoms with Gasteiger partial charge in [0.2, 0.25) is 4.33 Å². The summed E-state index contributed by atoms with van der Waals surface area (Å²) in [7, 11) is 1.50. The molecule has 0 radical (unpaired) electrons. The summed E-state index contributed by atoms with van der Waals surface area (Å²) in [4.78, 5) is 11.6. The number of ether oxygens (including phenoxy) is 4. The van der Waals surface area contributed by atoms with Crippen LogP contribution in [-0.2, 0) is 23.7 Å². The van der Waals surface area contributed by atoms with Gasteiger partial charge in [-0.15, -0.1) is 0 Å². The highest BCUT2D eigenvalue weighted by Gasteiger charge is 2.78. The first-order valence-electron chi connectivity index (χ1n) is 5.71. The number of carbonyl (C=O) groups is 1. The molecule has 2 saturated heterocycles. The predicted molar refractivity (Wildman–Crippen MR) is 62.5 cm³/mol. The first-order valence-corrected chi connectivity index (χ1v) is 6.46. The summed E-state index contributed by atoms with van der Waals surface area (Å²) in [6.07, 6.45) is -1.47. The molecule has 2 unspecified atom stereocenters. The van der Waals surface area contributed by atoms with Crippen molar-refractivity contribution in [3.05, 3.63) is 0 Å². The second kappa shape index (κ2) is 3.59. The van der Waals surface area contributed by atoms with E-state index in [1.54, 1.807) is 13.8 Å². The molecular weight excluding hydrogens is 283 g/mol. The maximum Gasteiger partial charge on any atom is 0.207 e. The molecule has 7 heteroatoms. The summed E-state index contributed by atoms with van der Waals surface area (Å²) in [6, 6.07) is 0. The molecule has 1 spiro atoms. The third-order valence-corrected chi connectivity index (χ3v) is 4.78. The Labute approximate surface area is 115 Å². The van der Waals surface area contributed by atoms with Gasteiger partial charge in [-0.05, 0) is 13.8 Å². The van der Waals surface area contributed by atoms with E-state index in [1.807, 2.05) is 0 Å². The lowest BCUT2D eigenvalue weighted by Crippen LogP contribution is -2.69. The van der Waals surface area contributed by atoms with Crippen molar-refractivity contribution in [3.63, 3.8) is 0 Å². The van der Waals surface area contributed by atoms with Gasteiger partial charge in [-0.2, -0.15) is 0 Å². The lowest BCUT2D eigenvalue weighted by molar-refractivity contribution is -0.261. The number of rotatable bonds is 1. The van der Waals surface area contributed by atoms with Crippen molar-refractivity contribution in [1.82, 2.24) is 0 Å². The Balaban J connectivity index is 1.97. The molecule has 0 aromatic rings. The highest BCUT2D eigenvalue weighted by molar-refractivity contribution is 6.61. The molecule has 0 aromatic carbocycles. The van der Waals surface area contributed by atoms with Crippen LogP contribution < -0.4 is 0 Å². The van der Waals surface area contributed by atoms with Crippen LogP contribution in [0.5, 0.6) is 0 Å². The second-order valence-electron chi connectivity index (χ2n) is 5.31. The standard InChI is InChI=1S/C11H14Cl2O5/c1-9(2)16-6-7(17-9)10(18-8(6)15-3)4-5(14)11(10,12)13/h6-8H,4H2,1-3H3/t6?,7-,8?,10+/m1/s1. The van der Waals surface area contributed by atoms with Crippen LogP contribution in [0.15, 0.2) is 0 Å². The number of hydrogen-bond acceptors (Lipinski definition) is 5. The SMILES string of the molecule is COC1O[C@@]2(CC(=O)C2(Cl)Cl)[C@@H]2OC(C)(C)OC12. The molecule has 0 aromatic heterocycles. The van der Waals surface area contributed by atoms with Gasteiger partial charge in [0.15, 0.2) is 17.9 Å². The molecule has 1 saturated carbocycles. The number of alkyl halides is 2. The van der Waals surface area contributed by atoms with E-state index in [1.165, 1.54) is 7.11 Å². The van der Waals surface area contributed by atoms with Crippen molar-refractivity contribution < 1.29 is 23.7 Å². The molecule has 0 N–H and O–H groups in total. The quantitative estimate of drug-likeness (QED) is 0.685. The van der Waals surface area contributed by atoms with Crippen molar-refractivity contribution in [2.75, 3.05) is 7.11 Å². The van der Waals surface area contributed by atoms with Gasteiger partial charge < -0.3 is 18.9 Å². The molecule has 5 nitrogen and oxygen atoms in total. The van der Waals surface area contributed by atoms with Crippen molar-refractivity contribution in [1.29, 1.82) is 0 Å². The van der Waals surface area contributed by atoms with Crippen LogP contribution >= 0.6 is 23.2 Å². The van der Waals surface area contributed by atoms with Gasteiger partial charge in [0.05, 0.1) is 0 Å². The monoisotopic (exact) mass is 296 g/mol. The number of Topliss-reactive ketones (excluding diaryl/α,β-unsaturated/α-hetero) is 1. The topological polar surface area (TPSA) is 54.0 Å². The molecule has 18 heavy (non-hydrogen) atoms. The Morgan fingerprint density at radius 1 is 1.28 bits per heavy atom. The normalized spacial score (nSPS) is 48.3. The van der Waals surface area contributed by atoms with Gasteiger partial charge >= 0.3 is 0 Å².